The molecule has 2 amide bonds. The van der Waals surface area contributed by atoms with Crippen LogP contribution < -0.4 is 10.6 Å². The third kappa shape index (κ3) is 5.19. The lowest BCUT2D eigenvalue weighted by atomic mass is 9.86. The Morgan fingerprint density at radius 3 is 1.92 bits per heavy atom. The molecule has 138 valence electrons. The summed E-state index contributed by atoms with van der Waals surface area (Å²) in [6, 6.07) is 14.5. The molecule has 0 aliphatic heterocycles. The lowest BCUT2D eigenvalue weighted by molar-refractivity contribution is 0.0919. The van der Waals surface area contributed by atoms with Crippen LogP contribution in [0.4, 0.5) is 5.69 Å². The molecule has 0 unspecified atom stereocenters. The van der Waals surface area contributed by atoms with Gasteiger partial charge in [0.05, 0.1) is 0 Å². The maximum atomic E-state index is 12.7. The van der Waals surface area contributed by atoms with E-state index < -0.39 is 0 Å². The van der Waals surface area contributed by atoms with Crippen molar-refractivity contribution in [2.24, 2.45) is 0 Å². The van der Waals surface area contributed by atoms with Crippen molar-refractivity contribution < 1.29 is 9.59 Å². The van der Waals surface area contributed by atoms with E-state index in [0.29, 0.717) is 11.1 Å². The number of carbonyl (C=O) groups excluding carboxylic acids is 2. The van der Waals surface area contributed by atoms with E-state index in [0.717, 1.165) is 11.3 Å². The molecule has 2 aromatic rings. The van der Waals surface area contributed by atoms with E-state index in [1.54, 1.807) is 24.3 Å². The highest BCUT2D eigenvalue weighted by Crippen LogP contribution is 2.29. The molecular formula is C22H28N2O2. The van der Waals surface area contributed by atoms with Gasteiger partial charge in [0.25, 0.3) is 11.8 Å². The standard InChI is InChI=1S/C22H28N2O2/c1-21(2,3)17-12-7-8-13-18(17)23-19(25)15-10-9-11-16(14-15)20(26)24-22(4,5)6/h7-14H,1-6H3,(H,23,25)(H,24,26). The molecule has 2 N–H and O–H groups in total. The van der Waals surface area contributed by atoms with Crippen molar-refractivity contribution in [3.63, 3.8) is 0 Å². The first kappa shape index (κ1) is 19.7. The number of rotatable bonds is 3. The summed E-state index contributed by atoms with van der Waals surface area (Å²) in [5.74, 6) is -0.422. The van der Waals surface area contributed by atoms with E-state index in [9.17, 15) is 9.59 Å². The zero-order chi connectivity index (χ0) is 19.5. The highest BCUT2D eigenvalue weighted by molar-refractivity contribution is 6.06. The second-order valence-corrected chi connectivity index (χ2v) is 8.53. The topological polar surface area (TPSA) is 58.2 Å². The minimum Gasteiger partial charge on any atom is -0.347 e. The maximum Gasteiger partial charge on any atom is 0.255 e. The lowest BCUT2D eigenvalue weighted by Gasteiger charge is -2.23. The second-order valence-electron chi connectivity index (χ2n) is 8.53. The van der Waals surface area contributed by atoms with Crippen LogP contribution in [-0.2, 0) is 5.41 Å². The summed E-state index contributed by atoms with van der Waals surface area (Å²) in [6.45, 7) is 12.1. The number of anilines is 1. The zero-order valence-electron chi connectivity index (χ0n) is 16.4. The number of benzene rings is 2. The van der Waals surface area contributed by atoms with Gasteiger partial charge in [0, 0.05) is 22.4 Å². The van der Waals surface area contributed by atoms with Gasteiger partial charge in [-0.3, -0.25) is 9.59 Å². The molecule has 0 bridgehead atoms. The fourth-order valence-corrected chi connectivity index (χ4v) is 2.66. The molecule has 0 spiro atoms. The third-order valence-corrected chi connectivity index (χ3v) is 3.86. The molecule has 0 fully saturated rings. The Labute approximate surface area is 156 Å². The molecule has 0 saturated carbocycles. The number of carbonyl (C=O) groups is 2. The predicted molar refractivity (Wildman–Crippen MR) is 107 cm³/mol. The van der Waals surface area contributed by atoms with Crippen LogP contribution in [0.15, 0.2) is 48.5 Å². The van der Waals surface area contributed by atoms with Crippen LogP contribution >= 0.6 is 0 Å². The summed E-state index contributed by atoms with van der Waals surface area (Å²) in [5.41, 5.74) is 2.36. The molecule has 0 saturated heterocycles. The van der Waals surface area contributed by atoms with Crippen molar-refractivity contribution >= 4 is 17.5 Å². The molecule has 0 aliphatic carbocycles. The van der Waals surface area contributed by atoms with Crippen molar-refractivity contribution in [3.8, 4) is 0 Å². The summed E-state index contributed by atoms with van der Waals surface area (Å²) in [7, 11) is 0. The minimum atomic E-state index is -0.332. The van der Waals surface area contributed by atoms with Gasteiger partial charge in [-0.25, -0.2) is 0 Å². The van der Waals surface area contributed by atoms with E-state index in [4.69, 9.17) is 0 Å². The van der Waals surface area contributed by atoms with Gasteiger partial charge in [-0.05, 0) is 56.0 Å². The van der Waals surface area contributed by atoms with Gasteiger partial charge in [-0.15, -0.1) is 0 Å². The van der Waals surface area contributed by atoms with Crippen molar-refractivity contribution in [2.45, 2.75) is 52.5 Å². The molecule has 4 heteroatoms. The summed E-state index contributed by atoms with van der Waals surface area (Å²) >= 11 is 0. The Kier molecular flexibility index (Phi) is 5.55. The molecule has 0 heterocycles. The van der Waals surface area contributed by atoms with Gasteiger partial charge in [-0.2, -0.15) is 0 Å². The molecule has 0 radical (unpaired) electrons. The average molecular weight is 352 g/mol. The highest BCUT2D eigenvalue weighted by Gasteiger charge is 2.20. The van der Waals surface area contributed by atoms with Crippen LogP contribution in [0.1, 0.15) is 67.8 Å². The van der Waals surface area contributed by atoms with Crippen molar-refractivity contribution in [1.29, 1.82) is 0 Å². The monoisotopic (exact) mass is 352 g/mol. The van der Waals surface area contributed by atoms with Gasteiger partial charge < -0.3 is 10.6 Å². The third-order valence-electron chi connectivity index (χ3n) is 3.86. The van der Waals surface area contributed by atoms with Crippen LogP contribution in [-0.4, -0.2) is 17.4 Å². The van der Waals surface area contributed by atoms with Gasteiger partial charge in [0.1, 0.15) is 0 Å². The maximum absolute atomic E-state index is 12.7. The van der Waals surface area contributed by atoms with Crippen molar-refractivity contribution in [3.05, 3.63) is 65.2 Å². The molecule has 4 nitrogen and oxygen atoms in total. The Bertz CT molecular complexity index is 811. The number of para-hydroxylation sites is 1. The van der Waals surface area contributed by atoms with Gasteiger partial charge >= 0.3 is 0 Å². The van der Waals surface area contributed by atoms with Crippen LogP contribution in [0.25, 0.3) is 0 Å². The lowest BCUT2D eigenvalue weighted by Crippen LogP contribution is -2.40. The fraction of sp³-hybridized carbons (Fsp3) is 0.364. The summed E-state index contributed by atoms with van der Waals surface area (Å²) in [6.07, 6.45) is 0. The fourth-order valence-electron chi connectivity index (χ4n) is 2.66. The second kappa shape index (κ2) is 7.32. The predicted octanol–water partition coefficient (Wildman–Crippen LogP) is 4.76. The van der Waals surface area contributed by atoms with E-state index >= 15 is 0 Å². The van der Waals surface area contributed by atoms with Crippen molar-refractivity contribution in [1.82, 2.24) is 5.32 Å². The zero-order valence-corrected chi connectivity index (χ0v) is 16.4. The number of nitrogens with one attached hydrogen (secondary N) is 2. The molecule has 0 aliphatic rings. The first-order valence-electron chi connectivity index (χ1n) is 8.81. The van der Waals surface area contributed by atoms with Crippen LogP contribution in [0.2, 0.25) is 0 Å². The molecule has 26 heavy (non-hydrogen) atoms. The SMILES string of the molecule is CC(C)(C)NC(=O)c1cccc(C(=O)Nc2ccccc2C(C)(C)C)c1. The van der Waals surface area contributed by atoms with E-state index in [-0.39, 0.29) is 22.8 Å². The number of hydrogen-bond acceptors (Lipinski definition) is 2. The molecular weight excluding hydrogens is 324 g/mol. The minimum absolute atomic E-state index is 0.0850. The molecule has 2 rings (SSSR count). The summed E-state index contributed by atoms with van der Waals surface area (Å²) < 4.78 is 0. The Balaban J connectivity index is 2.24. The molecule has 0 atom stereocenters. The number of amides is 2. The van der Waals surface area contributed by atoms with Gasteiger partial charge in [-0.1, -0.05) is 45.0 Å². The van der Waals surface area contributed by atoms with E-state index in [2.05, 4.69) is 31.4 Å². The first-order valence-corrected chi connectivity index (χ1v) is 8.81. The van der Waals surface area contributed by atoms with Crippen LogP contribution in [0.5, 0.6) is 0 Å². The van der Waals surface area contributed by atoms with Crippen LogP contribution in [0, 0.1) is 0 Å². The van der Waals surface area contributed by atoms with E-state index in [1.165, 1.54) is 0 Å². The Hall–Kier alpha value is -2.62. The summed E-state index contributed by atoms with van der Waals surface area (Å²) in [4.78, 5) is 25.0. The van der Waals surface area contributed by atoms with Crippen molar-refractivity contribution in [2.75, 3.05) is 5.32 Å². The van der Waals surface area contributed by atoms with Gasteiger partial charge in [0.2, 0.25) is 0 Å². The smallest absolute Gasteiger partial charge is 0.255 e. The van der Waals surface area contributed by atoms with Crippen LogP contribution in [0.3, 0.4) is 0 Å². The van der Waals surface area contributed by atoms with E-state index in [1.807, 2.05) is 45.0 Å². The quantitative estimate of drug-likeness (QED) is 0.836. The normalized spacial score (nSPS) is 11.8. The molecule has 2 aromatic carbocycles. The Morgan fingerprint density at radius 2 is 1.35 bits per heavy atom. The van der Waals surface area contributed by atoms with Gasteiger partial charge in [0.15, 0.2) is 0 Å². The Morgan fingerprint density at radius 1 is 0.769 bits per heavy atom. The number of hydrogen-bond donors (Lipinski definition) is 2. The average Bonchev–Trinajstić information content (AvgIpc) is 2.53. The molecule has 0 aromatic heterocycles. The first-order chi connectivity index (χ1) is 12.0. The largest absolute Gasteiger partial charge is 0.347 e. The summed E-state index contributed by atoms with van der Waals surface area (Å²) in [5, 5.41) is 5.89. The highest BCUT2D eigenvalue weighted by atomic mass is 16.2.